The van der Waals surface area contributed by atoms with E-state index in [1.807, 2.05) is 53.2 Å². The number of benzene rings is 1. The lowest BCUT2D eigenvalue weighted by Crippen LogP contribution is -2.23. The molecule has 0 bridgehead atoms. The number of carbonyl (C=O) groups is 1. The van der Waals surface area contributed by atoms with Gasteiger partial charge in [-0.15, -0.1) is 0 Å². The summed E-state index contributed by atoms with van der Waals surface area (Å²) >= 11 is 0. The fourth-order valence-electron chi connectivity index (χ4n) is 2.73. The van der Waals surface area contributed by atoms with Gasteiger partial charge in [0.15, 0.2) is 5.69 Å². The summed E-state index contributed by atoms with van der Waals surface area (Å²) in [6.45, 7) is 0.471. The zero-order chi connectivity index (χ0) is 16.4. The maximum absolute atomic E-state index is 12.5. The molecular weight excluding hydrogens is 300 g/mol. The Kier molecular flexibility index (Phi) is 3.83. The second-order valence-corrected chi connectivity index (χ2v) is 6.01. The molecule has 0 unspecified atom stereocenters. The van der Waals surface area contributed by atoms with Crippen LogP contribution in [0, 0.1) is 0 Å². The van der Waals surface area contributed by atoms with Gasteiger partial charge in [0.25, 0.3) is 5.91 Å². The number of rotatable bonds is 5. The van der Waals surface area contributed by atoms with Crippen molar-refractivity contribution >= 4 is 5.91 Å². The predicted molar refractivity (Wildman–Crippen MR) is 90.9 cm³/mol. The van der Waals surface area contributed by atoms with Crippen LogP contribution in [0.2, 0.25) is 0 Å². The topological polar surface area (TPSA) is 59.8 Å². The first-order valence-corrected chi connectivity index (χ1v) is 8.14. The number of aromatic nitrogens is 3. The average molecular weight is 318 g/mol. The standard InChI is InChI=1S/C19H18N4O/c24-19(21-13-14-8-10-20-11-9-14)17-12-18(15-6-7-15)23(22-17)16-4-2-1-3-5-16/h1-5,8-12,15H,6-7,13H2,(H,21,24). The van der Waals surface area contributed by atoms with Gasteiger partial charge in [0.2, 0.25) is 0 Å². The van der Waals surface area contributed by atoms with Crippen LogP contribution in [-0.4, -0.2) is 20.7 Å². The van der Waals surface area contributed by atoms with Gasteiger partial charge >= 0.3 is 0 Å². The molecule has 3 aromatic rings. The van der Waals surface area contributed by atoms with Crippen molar-refractivity contribution in [2.24, 2.45) is 0 Å². The van der Waals surface area contributed by atoms with Gasteiger partial charge in [0, 0.05) is 30.6 Å². The highest BCUT2D eigenvalue weighted by atomic mass is 16.1. The fraction of sp³-hybridized carbons (Fsp3) is 0.211. The molecule has 1 saturated carbocycles. The lowest BCUT2D eigenvalue weighted by atomic mass is 10.2. The van der Waals surface area contributed by atoms with E-state index in [4.69, 9.17) is 0 Å². The highest BCUT2D eigenvalue weighted by Crippen LogP contribution is 2.41. The van der Waals surface area contributed by atoms with Crippen molar-refractivity contribution in [1.82, 2.24) is 20.1 Å². The van der Waals surface area contributed by atoms with E-state index in [1.54, 1.807) is 12.4 Å². The van der Waals surface area contributed by atoms with Crippen molar-refractivity contribution in [3.63, 3.8) is 0 Å². The van der Waals surface area contributed by atoms with Crippen molar-refractivity contribution in [2.45, 2.75) is 25.3 Å². The predicted octanol–water partition coefficient (Wildman–Crippen LogP) is 3.07. The van der Waals surface area contributed by atoms with Crippen molar-refractivity contribution in [3.05, 3.63) is 77.9 Å². The number of pyridine rings is 1. The summed E-state index contributed by atoms with van der Waals surface area (Å²) < 4.78 is 1.90. The summed E-state index contributed by atoms with van der Waals surface area (Å²) in [5.41, 5.74) is 3.60. The summed E-state index contributed by atoms with van der Waals surface area (Å²) in [5.74, 6) is 0.364. The molecule has 2 heterocycles. The summed E-state index contributed by atoms with van der Waals surface area (Å²) in [6.07, 6.45) is 5.76. The molecule has 1 amide bonds. The number of para-hydroxylation sites is 1. The smallest absolute Gasteiger partial charge is 0.272 e. The second kappa shape index (κ2) is 6.28. The van der Waals surface area contributed by atoms with Crippen LogP contribution in [0.15, 0.2) is 60.9 Å². The van der Waals surface area contributed by atoms with E-state index in [1.165, 1.54) is 0 Å². The summed E-state index contributed by atoms with van der Waals surface area (Å²) in [7, 11) is 0. The minimum absolute atomic E-state index is 0.150. The lowest BCUT2D eigenvalue weighted by molar-refractivity contribution is 0.0945. The van der Waals surface area contributed by atoms with Gasteiger partial charge in [-0.3, -0.25) is 9.78 Å². The normalized spacial score (nSPS) is 13.7. The van der Waals surface area contributed by atoms with Crippen LogP contribution >= 0.6 is 0 Å². The number of carbonyl (C=O) groups excluding carboxylic acids is 1. The van der Waals surface area contributed by atoms with E-state index in [-0.39, 0.29) is 5.91 Å². The van der Waals surface area contributed by atoms with Crippen LogP contribution in [0.1, 0.15) is 40.5 Å². The van der Waals surface area contributed by atoms with E-state index in [2.05, 4.69) is 15.4 Å². The molecule has 0 aliphatic heterocycles. The maximum atomic E-state index is 12.5. The highest BCUT2D eigenvalue weighted by Gasteiger charge is 2.29. The molecule has 1 aromatic carbocycles. The molecule has 0 saturated heterocycles. The fourth-order valence-corrected chi connectivity index (χ4v) is 2.73. The highest BCUT2D eigenvalue weighted by molar-refractivity contribution is 5.92. The monoisotopic (exact) mass is 318 g/mol. The minimum Gasteiger partial charge on any atom is -0.347 e. The quantitative estimate of drug-likeness (QED) is 0.786. The van der Waals surface area contributed by atoms with Crippen molar-refractivity contribution in [2.75, 3.05) is 0 Å². The number of hydrogen-bond donors (Lipinski definition) is 1. The first-order valence-electron chi connectivity index (χ1n) is 8.14. The Labute approximate surface area is 140 Å². The van der Waals surface area contributed by atoms with E-state index in [0.717, 1.165) is 29.8 Å². The van der Waals surface area contributed by atoms with Gasteiger partial charge in [0.05, 0.1) is 5.69 Å². The Balaban J connectivity index is 1.56. The van der Waals surface area contributed by atoms with E-state index < -0.39 is 0 Å². The lowest BCUT2D eigenvalue weighted by Gasteiger charge is -2.05. The van der Waals surface area contributed by atoms with Crippen LogP contribution in [0.4, 0.5) is 0 Å². The molecule has 120 valence electrons. The summed E-state index contributed by atoms with van der Waals surface area (Å²) in [6, 6.07) is 15.7. The number of nitrogens with zero attached hydrogens (tertiary/aromatic N) is 3. The van der Waals surface area contributed by atoms with Crippen LogP contribution < -0.4 is 5.32 Å². The van der Waals surface area contributed by atoms with Gasteiger partial charge in [-0.05, 0) is 48.7 Å². The van der Waals surface area contributed by atoms with Gasteiger partial charge in [-0.25, -0.2) is 4.68 Å². The third-order valence-electron chi connectivity index (χ3n) is 4.17. The first-order chi connectivity index (χ1) is 11.8. The average Bonchev–Trinajstić information content (AvgIpc) is 3.39. The second-order valence-electron chi connectivity index (χ2n) is 6.01. The molecule has 0 spiro atoms. The minimum atomic E-state index is -0.150. The Morgan fingerprint density at radius 3 is 2.58 bits per heavy atom. The SMILES string of the molecule is O=C(NCc1ccncc1)c1cc(C2CC2)n(-c2ccccc2)n1. The molecule has 2 aromatic heterocycles. The van der Waals surface area contributed by atoms with Crippen molar-refractivity contribution < 1.29 is 4.79 Å². The zero-order valence-corrected chi connectivity index (χ0v) is 13.2. The van der Waals surface area contributed by atoms with Crippen molar-refractivity contribution in [1.29, 1.82) is 0 Å². The Hall–Kier alpha value is -2.95. The van der Waals surface area contributed by atoms with E-state index in [9.17, 15) is 4.79 Å². The van der Waals surface area contributed by atoms with Crippen LogP contribution in [0.5, 0.6) is 0 Å². The van der Waals surface area contributed by atoms with Gasteiger partial charge in [0.1, 0.15) is 0 Å². The number of nitrogens with one attached hydrogen (secondary N) is 1. The number of amides is 1. The largest absolute Gasteiger partial charge is 0.347 e. The van der Waals surface area contributed by atoms with Gasteiger partial charge in [-0.1, -0.05) is 18.2 Å². The molecule has 24 heavy (non-hydrogen) atoms. The molecule has 5 heteroatoms. The zero-order valence-electron chi connectivity index (χ0n) is 13.2. The van der Waals surface area contributed by atoms with Crippen LogP contribution in [0.3, 0.4) is 0 Å². The molecule has 1 fully saturated rings. The molecule has 4 rings (SSSR count). The Bertz CT molecular complexity index is 838. The Morgan fingerprint density at radius 2 is 1.88 bits per heavy atom. The molecule has 1 aliphatic rings. The molecular formula is C19H18N4O. The van der Waals surface area contributed by atoms with E-state index >= 15 is 0 Å². The summed E-state index contributed by atoms with van der Waals surface area (Å²) in [5, 5.41) is 7.47. The molecule has 0 radical (unpaired) electrons. The van der Waals surface area contributed by atoms with Gasteiger partial charge < -0.3 is 5.32 Å². The third-order valence-corrected chi connectivity index (χ3v) is 4.17. The summed E-state index contributed by atoms with van der Waals surface area (Å²) in [4.78, 5) is 16.4. The Morgan fingerprint density at radius 1 is 1.12 bits per heavy atom. The molecule has 0 atom stereocenters. The van der Waals surface area contributed by atoms with E-state index in [0.29, 0.717) is 18.2 Å². The first kappa shape index (κ1) is 14.6. The number of hydrogen-bond acceptors (Lipinski definition) is 3. The van der Waals surface area contributed by atoms with Crippen molar-refractivity contribution in [3.8, 4) is 5.69 Å². The van der Waals surface area contributed by atoms with Crippen LogP contribution in [0.25, 0.3) is 5.69 Å². The molecule has 5 nitrogen and oxygen atoms in total. The third kappa shape index (κ3) is 3.06. The molecule has 1 N–H and O–H groups in total. The van der Waals surface area contributed by atoms with Gasteiger partial charge in [-0.2, -0.15) is 5.10 Å². The molecule has 1 aliphatic carbocycles. The maximum Gasteiger partial charge on any atom is 0.272 e. The van der Waals surface area contributed by atoms with Crippen LogP contribution in [-0.2, 0) is 6.54 Å².